The quantitative estimate of drug-likeness (QED) is 0.762. The van der Waals surface area contributed by atoms with Crippen molar-refractivity contribution in [2.45, 2.75) is 20.3 Å². The summed E-state index contributed by atoms with van der Waals surface area (Å²) in [5, 5.41) is 0. The van der Waals surface area contributed by atoms with E-state index in [1.807, 2.05) is 4.90 Å². The molecule has 25 heavy (non-hydrogen) atoms. The fourth-order valence-corrected chi connectivity index (χ4v) is 4.71. The Balaban J connectivity index is 1.92. The Morgan fingerprint density at radius 3 is 2.44 bits per heavy atom. The first-order valence-electron chi connectivity index (χ1n) is 8.12. The molecular weight excluding hydrogens is 345 g/mol. The first-order valence-corrected chi connectivity index (χ1v) is 9.56. The molecule has 134 valence electrons. The lowest BCUT2D eigenvalue weighted by Crippen LogP contribution is -2.36. The molecule has 0 saturated carbocycles. The molecule has 0 spiro atoms. The molecule has 0 unspecified atom stereocenters. The van der Waals surface area contributed by atoms with Crippen LogP contribution >= 0.6 is 0 Å². The van der Waals surface area contributed by atoms with Gasteiger partial charge in [-0.3, -0.25) is 4.79 Å². The topological polar surface area (TPSA) is 70.1 Å². The molecule has 2 aliphatic heterocycles. The van der Waals surface area contributed by atoms with Gasteiger partial charge in [-0.2, -0.15) is 8.42 Å². The molecule has 2 aliphatic rings. The second-order valence-corrected chi connectivity index (χ2v) is 7.74. The molecule has 0 aromatic heterocycles. The number of carbonyl (C=O) groups is 1. The molecule has 0 atom stereocenters. The number of sulfonamides is 1. The third-order valence-electron chi connectivity index (χ3n) is 4.49. The summed E-state index contributed by atoms with van der Waals surface area (Å²) < 4.78 is 42.2. The smallest absolute Gasteiger partial charge is 0.285 e. The van der Waals surface area contributed by atoms with Crippen LogP contribution in [-0.2, 0) is 14.8 Å². The zero-order chi connectivity index (χ0) is 18.2. The average molecular weight is 365 g/mol. The molecule has 0 radical (unpaired) electrons. The van der Waals surface area contributed by atoms with E-state index >= 15 is 0 Å². The lowest BCUT2D eigenvalue weighted by molar-refractivity contribution is -0.128. The van der Waals surface area contributed by atoms with Gasteiger partial charge in [-0.25, -0.2) is 4.39 Å². The molecule has 1 aromatic rings. The van der Waals surface area contributed by atoms with Gasteiger partial charge in [-0.05, 0) is 31.0 Å². The fraction of sp³-hybridized carbons (Fsp3) is 0.412. The van der Waals surface area contributed by atoms with Crippen molar-refractivity contribution in [3.63, 3.8) is 0 Å². The first kappa shape index (κ1) is 17.6. The number of hydrogen-bond donors (Lipinski definition) is 0. The van der Waals surface area contributed by atoms with Crippen molar-refractivity contribution in [1.29, 1.82) is 0 Å². The Morgan fingerprint density at radius 1 is 1.12 bits per heavy atom. The zero-order valence-electron chi connectivity index (χ0n) is 14.2. The van der Waals surface area contributed by atoms with Gasteiger partial charge < -0.3 is 9.80 Å². The third kappa shape index (κ3) is 3.44. The zero-order valence-corrected chi connectivity index (χ0v) is 15.0. The van der Waals surface area contributed by atoms with Crippen molar-refractivity contribution < 1.29 is 17.6 Å². The van der Waals surface area contributed by atoms with Crippen LogP contribution in [0.25, 0.3) is 4.91 Å². The minimum atomic E-state index is -3.82. The summed E-state index contributed by atoms with van der Waals surface area (Å²) >= 11 is 0. The van der Waals surface area contributed by atoms with Crippen molar-refractivity contribution >= 4 is 26.7 Å². The number of rotatable bonds is 1. The molecule has 6 nitrogen and oxygen atoms in total. The van der Waals surface area contributed by atoms with E-state index in [1.54, 1.807) is 11.8 Å². The van der Waals surface area contributed by atoms with Gasteiger partial charge in [-0.1, -0.05) is 12.1 Å². The van der Waals surface area contributed by atoms with E-state index in [9.17, 15) is 17.6 Å². The van der Waals surface area contributed by atoms with Crippen molar-refractivity contribution in [1.82, 2.24) is 9.80 Å². The van der Waals surface area contributed by atoms with Crippen LogP contribution in [-0.4, -0.2) is 56.1 Å². The number of hydrogen-bond acceptors (Lipinski definition) is 4. The highest BCUT2D eigenvalue weighted by Gasteiger charge is 2.34. The Morgan fingerprint density at radius 2 is 1.80 bits per heavy atom. The summed E-state index contributed by atoms with van der Waals surface area (Å²) in [5.74, 6) is 0.0159. The molecule has 3 rings (SSSR count). The monoisotopic (exact) mass is 365 g/mol. The van der Waals surface area contributed by atoms with Gasteiger partial charge in [0, 0.05) is 38.7 Å². The van der Waals surface area contributed by atoms with E-state index in [1.165, 1.54) is 31.2 Å². The molecule has 8 heteroatoms. The Labute approximate surface area is 146 Å². The lowest BCUT2D eigenvalue weighted by Gasteiger charge is -2.23. The van der Waals surface area contributed by atoms with Gasteiger partial charge in [0.15, 0.2) is 0 Å². The van der Waals surface area contributed by atoms with E-state index in [4.69, 9.17) is 0 Å². The summed E-state index contributed by atoms with van der Waals surface area (Å²) in [6.07, 6.45) is 0.748. The van der Waals surface area contributed by atoms with E-state index < -0.39 is 15.8 Å². The number of halogens is 1. The van der Waals surface area contributed by atoms with E-state index in [2.05, 4.69) is 4.40 Å². The van der Waals surface area contributed by atoms with Gasteiger partial charge in [-0.15, -0.1) is 4.40 Å². The standard InChI is InChI=1S/C17H20FN3O3S/c1-12-16(14-4-6-15(18)7-5-14)25(23,24)19-17(12)21-9-3-8-20(10-11-21)13(2)22/h4-7H,3,8-11H2,1-2H3. The van der Waals surface area contributed by atoms with Crippen LogP contribution < -0.4 is 0 Å². The van der Waals surface area contributed by atoms with Crippen molar-refractivity contribution in [3.8, 4) is 0 Å². The average Bonchev–Trinajstić information content (AvgIpc) is 2.72. The van der Waals surface area contributed by atoms with Crippen LogP contribution in [0.1, 0.15) is 25.8 Å². The minimum Gasteiger partial charge on any atom is -0.354 e. The first-order chi connectivity index (χ1) is 11.8. The maximum atomic E-state index is 13.1. The summed E-state index contributed by atoms with van der Waals surface area (Å²) in [6.45, 7) is 5.60. The van der Waals surface area contributed by atoms with E-state index in [0.717, 1.165) is 6.42 Å². The fourth-order valence-electron chi connectivity index (χ4n) is 3.23. The third-order valence-corrected chi connectivity index (χ3v) is 5.96. The Hall–Kier alpha value is -2.22. The maximum Gasteiger partial charge on any atom is 0.285 e. The van der Waals surface area contributed by atoms with Crippen molar-refractivity contribution in [3.05, 3.63) is 41.2 Å². The lowest BCUT2D eigenvalue weighted by atomic mass is 10.1. The second-order valence-electron chi connectivity index (χ2n) is 6.20. The van der Waals surface area contributed by atoms with Gasteiger partial charge in [0.05, 0.1) is 0 Å². The normalized spacial score (nSPS) is 20.5. The van der Waals surface area contributed by atoms with Crippen LogP contribution in [0, 0.1) is 5.82 Å². The SMILES string of the molecule is CC(=O)N1CCCN(C2=NS(=O)(=O)C(c3ccc(F)cc3)=C2C)CC1. The number of amidine groups is 1. The summed E-state index contributed by atoms with van der Waals surface area (Å²) in [7, 11) is -3.82. The van der Waals surface area contributed by atoms with Gasteiger partial charge in [0.2, 0.25) is 5.91 Å². The number of nitrogens with zero attached hydrogens (tertiary/aromatic N) is 3. The maximum absolute atomic E-state index is 13.1. The number of carbonyl (C=O) groups excluding carboxylic acids is 1. The molecule has 0 N–H and O–H groups in total. The predicted molar refractivity (Wildman–Crippen MR) is 93.8 cm³/mol. The molecule has 1 amide bonds. The van der Waals surface area contributed by atoms with Crippen LogP contribution in [0.15, 0.2) is 34.2 Å². The molecular formula is C17H20FN3O3S. The van der Waals surface area contributed by atoms with Crippen LogP contribution in [0.2, 0.25) is 0 Å². The number of benzene rings is 1. The van der Waals surface area contributed by atoms with Gasteiger partial charge in [0.25, 0.3) is 10.0 Å². The molecule has 2 heterocycles. The molecule has 1 saturated heterocycles. The Bertz CT molecular complexity index is 860. The molecule has 0 bridgehead atoms. The second kappa shape index (κ2) is 6.59. The van der Waals surface area contributed by atoms with Gasteiger partial charge in [0.1, 0.15) is 16.6 Å². The minimum absolute atomic E-state index is 0.0158. The van der Waals surface area contributed by atoms with E-state index in [0.29, 0.717) is 43.2 Å². The Kier molecular flexibility index (Phi) is 4.64. The van der Waals surface area contributed by atoms with Crippen molar-refractivity contribution in [2.24, 2.45) is 4.40 Å². The largest absolute Gasteiger partial charge is 0.354 e. The van der Waals surface area contributed by atoms with Gasteiger partial charge >= 0.3 is 0 Å². The summed E-state index contributed by atoms with van der Waals surface area (Å²) in [5.41, 5.74) is 0.987. The summed E-state index contributed by atoms with van der Waals surface area (Å²) in [6, 6.07) is 5.37. The highest BCUT2D eigenvalue weighted by atomic mass is 32.2. The number of amides is 1. The van der Waals surface area contributed by atoms with Crippen LogP contribution in [0.5, 0.6) is 0 Å². The highest BCUT2D eigenvalue weighted by molar-refractivity contribution is 8.00. The van der Waals surface area contributed by atoms with E-state index in [-0.39, 0.29) is 10.8 Å². The van der Waals surface area contributed by atoms with Crippen LogP contribution in [0.4, 0.5) is 4.39 Å². The molecule has 0 aliphatic carbocycles. The molecule has 1 aromatic carbocycles. The summed E-state index contributed by atoms with van der Waals surface area (Å²) in [4.78, 5) is 15.3. The van der Waals surface area contributed by atoms with Crippen LogP contribution in [0.3, 0.4) is 0 Å². The van der Waals surface area contributed by atoms with Crippen molar-refractivity contribution in [2.75, 3.05) is 26.2 Å². The highest BCUT2D eigenvalue weighted by Crippen LogP contribution is 2.33. The predicted octanol–water partition coefficient (Wildman–Crippen LogP) is 1.85. The molecule has 1 fully saturated rings.